The molecule has 2 aromatic heterocycles. The fourth-order valence-electron chi connectivity index (χ4n) is 6.32. The molecule has 2 saturated heterocycles. The fraction of sp³-hybridized carbons (Fsp3) is 0.519. The number of rotatable bonds is 5. The molecule has 1 amide bonds. The van der Waals surface area contributed by atoms with Crippen LogP contribution in [0.15, 0.2) is 18.2 Å². The van der Waals surface area contributed by atoms with Crippen molar-refractivity contribution in [2.75, 3.05) is 6.54 Å². The van der Waals surface area contributed by atoms with E-state index in [2.05, 4.69) is 21.9 Å². The van der Waals surface area contributed by atoms with E-state index in [-0.39, 0.29) is 12.0 Å². The molecule has 2 bridgehead atoms. The molecule has 0 spiro atoms. The van der Waals surface area contributed by atoms with Crippen LogP contribution in [0.4, 0.5) is 4.39 Å². The summed E-state index contributed by atoms with van der Waals surface area (Å²) in [5.74, 6) is -0.249. The second-order valence-electron chi connectivity index (χ2n) is 10.4. The Morgan fingerprint density at radius 1 is 1.19 bits per heavy atom. The molecule has 9 heteroatoms. The molecular formula is C27H31ClFN5O2. The van der Waals surface area contributed by atoms with Crippen molar-refractivity contribution in [3.8, 4) is 5.75 Å². The number of nitrogens with zero attached hydrogens (tertiary/aromatic N) is 5. The first-order valence-electron chi connectivity index (χ1n) is 12.9. The summed E-state index contributed by atoms with van der Waals surface area (Å²) >= 11 is 6.36. The molecule has 0 saturated carbocycles. The largest absolute Gasteiger partial charge is 0.489 e. The highest BCUT2D eigenvalue weighted by Crippen LogP contribution is 2.38. The van der Waals surface area contributed by atoms with Gasteiger partial charge in [0.2, 0.25) is 0 Å². The summed E-state index contributed by atoms with van der Waals surface area (Å²) in [5.41, 5.74) is 4.43. The minimum Gasteiger partial charge on any atom is -0.489 e. The predicted molar refractivity (Wildman–Crippen MR) is 135 cm³/mol. The third kappa shape index (κ3) is 3.86. The molecule has 6 rings (SSSR count). The van der Waals surface area contributed by atoms with Gasteiger partial charge in [0, 0.05) is 23.7 Å². The van der Waals surface area contributed by atoms with Crippen molar-refractivity contribution in [1.29, 1.82) is 0 Å². The number of ether oxygens (including phenoxy) is 1. The summed E-state index contributed by atoms with van der Waals surface area (Å²) < 4.78 is 22.4. The van der Waals surface area contributed by atoms with Crippen LogP contribution in [0.5, 0.6) is 5.75 Å². The molecule has 7 nitrogen and oxygen atoms in total. The average molecular weight is 512 g/mol. The highest BCUT2D eigenvalue weighted by Gasteiger charge is 2.41. The van der Waals surface area contributed by atoms with Crippen LogP contribution in [-0.4, -0.2) is 55.0 Å². The minimum atomic E-state index is -0.401. The number of hydrogen-bond acceptors (Lipinski definition) is 5. The number of aryl methyl sites for hydroxylation is 2. The van der Waals surface area contributed by atoms with Gasteiger partial charge in [-0.2, -0.15) is 5.10 Å². The van der Waals surface area contributed by atoms with E-state index in [1.54, 1.807) is 15.5 Å². The van der Waals surface area contributed by atoms with E-state index in [4.69, 9.17) is 16.3 Å². The Balaban J connectivity index is 1.23. The van der Waals surface area contributed by atoms with Crippen LogP contribution in [0.2, 0.25) is 5.02 Å². The van der Waals surface area contributed by atoms with Crippen molar-refractivity contribution in [1.82, 2.24) is 24.4 Å². The Morgan fingerprint density at radius 3 is 2.67 bits per heavy atom. The van der Waals surface area contributed by atoms with Gasteiger partial charge in [0.25, 0.3) is 5.91 Å². The Kier molecular flexibility index (Phi) is 5.91. The van der Waals surface area contributed by atoms with Gasteiger partial charge in [-0.05, 0) is 64.6 Å². The maximum Gasteiger partial charge on any atom is 0.258 e. The first-order chi connectivity index (χ1) is 17.3. The lowest BCUT2D eigenvalue weighted by Gasteiger charge is -2.39. The Morgan fingerprint density at radius 2 is 1.94 bits per heavy atom. The molecule has 1 unspecified atom stereocenters. The molecule has 0 N–H and O–H groups in total. The number of hydrogen-bond donors (Lipinski definition) is 0. The summed E-state index contributed by atoms with van der Waals surface area (Å²) in [6.45, 7) is 7.87. The zero-order valence-electron chi connectivity index (χ0n) is 20.9. The van der Waals surface area contributed by atoms with E-state index in [1.807, 2.05) is 13.8 Å². The van der Waals surface area contributed by atoms with Crippen LogP contribution in [-0.2, 0) is 13.1 Å². The summed E-state index contributed by atoms with van der Waals surface area (Å²) in [4.78, 5) is 22.6. The Bertz CT molecular complexity index is 1340. The van der Waals surface area contributed by atoms with Gasteiger partial charge in [0.05, 0.1) is 40.8 Å². The number of carbonyl (C=O) groups is 1. The number of benzene rings is 1. The van der Waals surface area contributed by atoms with Crippen molar-refractivity contribution in [2.45, 2.75) is 84.2 Å². The number of piperidine rings is 1. The molecule has 3 aliphatic heterocycles. The second-order valence-corrected chi connectivity index (χ2v) is 10.8. The Labute approximate surface area is 215 Å². The van der Waals surface area contributed by atoms with Gasteiger partial charge in [0.1, 0.15) is 17.7 Å². The molecule has 190 valence electrons. The van der Waals surface area contributed by atoms with E-state index in [1.165, 1.54) is 25.0 Å². The molecule has 3 aliphatic rings. The quantitative estimate of drug-likeness (QED) is 0.478. The molecule has 36 heavy (non-hydrogen) atoms. The highest BCUT2D eigenvalue weighted by molar-refractivity contribution is 6.31. The van der Waals surface area contributed by atoms with Crippen molar-refractivity contribution in [3.05, 3.63) is 57.2 Å². The van der Waals surface area contributed by atoms with Crippen LogP contribution in [0.1, 0.15) is 72.0 Å². The lowest BCUT2D eigenvalue weighted by atomic mass is 9.99. The fourth-order valence-corrected chi connectivity index (χ4v) is 6.44. The average Bonchev–Trinajstić information content (AvgIpc) is 3.48. The molecule has 5 heterocycles. The number of halogens is 2. The zero-order chi connectivity index (χ0) is 25.1. The van der Waals surface area contributed by atoms with Gasteiger partial charge < -0.3 is 9.64 Å². The second kappa shape index (κ2) is 8.99. The van der Waals surface area contributed by atoms with E-state index < -0.39 is 5.82 Å². The SMILES string of the molecule is CCCN1[C@@H]2CC[C@H]1CC(Oc1cc(F)ccc1C(=O)N1Cc3nn4c(C)c(Cl)c(C)nc4c3C1)C2. The number of fused-ring (bicyclic) bond motifs is 5. The van der Waals surface area contributed by atoms with Gasteiger partial charge in [-0.3, -0.25) is 9.69 Å². The normalized spacial score (nSPS) is 23.5. The Hall–Kier alpha value is -2.71. The predicted octanol–water partition coefficient (Wildman–Crippen LogP) is 5.08. The van der Waals surface area contributed by atoms with E-state index in [0.29, 0.717) is 41.5 Å². The summed E-state index contributed by atoms with van der Waals surface area (Å²) in [5, 5.41) is 5.27. The van der Waals surface area contributed by atoms with Crippen LogP contribution in [0, 0.1) is 19.7 Å². The first kappa shape index (κ1) is 23.7. The summed E-state index contributed by atoms with van der Waals surface area (Å²) in [7, 11) is 0. The molecular weight excluding hydrogens is 481 g/mol. The molecule has 2 fully saturated rings. The standard InChI is InChI=1S/C27H31ClFN5O2/c1-4-9-33-18-6-7-19(33)12-20(11-18)36-24-10-17(29)5-8-21(24)27(35)32-13-22-23(14-32)31-34-16(3)25(28)15(2)30-26(22)34/h5,8,10,18-20H,4,6-7,9,11-14H2,1-3H3/t18-,19+,20?. The van der Waals surface area contributed by atoms with Gasteiger partial charge >= 0.3 is 0 Å². The third-order valence-electron chi connectivity index (χ3n) is 8.03. The molecule has 3 aromatic rings. The minimum absolute atomic E-state index is 0.0103. The molecule has 0 aliphatic carbocycles. The zero-order valence-corrected chi connectivity index (χ0v) is 21.7. The number of carbonyl (C=O) groups excluding carboxylic acids is 1. The van der Waals surface area contributed by atoms with Gasteiger partial charge in [0.15, 0.2) is 5.65 Å². The van der Waals surface area contributed by atoms with E-state index >= 15 is 0 Å². The smallest absolute Gasteiger partial charge is 0.258 e. The lowest BCUT2D eigenvalue weighted by molar-refractivity contribution is 0.0479. The van der Waals surface area contributed by atoms with Gasteiger partial charge in [-0.15, -0.1) is 0 Å². The topological polar surface area (TPSA) is 63.0 Å². The van der Waals surface area contributed by atoms with E-state index in [9.17, 15) is 9.18 Å². The molecule has 3 atom stereocenters. The molecule has 0 radical (unpaired) electrons. The van der Waals surface area contributed by atoms with Crippen molar-refractivity contribution < 1.29 is 13.9 Å². The van der Waals surface area contributed by atoms with Crippen molar-refractivity contribution >= 4 is 23.2 Å². The highest BCUT2D eigenvalue weighted by atomic mass is 35.5. The summed E-state index contributed by atoms with van der Waals surface area (Å²) in [6, 6.07) is 5.26. The maximum atomic E-state index is 14.3. The van der Waals surface area contributed by atoms with Crippen LogP contribution >= 0.6 is 11.6 Å². The van der Waals surface area contributed by atoms with Gasteiger partial charge in [-0.25, -0.2) is 13.9 Å². The van der Waals surface area contributed by atoms with E-state index in [0.717, 1.165) is 54.1 Å². The van der Waals surface area contributed by atoms with Crippen molar-refractivity contribution in [3.63, 3.8) is 0 Å². The van der Waals surface area contributed by atoms with Crippen LogP contribution in [0.25, 0.3) is 5.65 Å². The summed E-state index contributed by atoms with van der Waals surface area (Å²) in [6.07, 6.45) is 5.34. The van der Waals surface area contributed by atoms with Gasteiger partial charge in [-0.1, -0.05) is 18.5 Å². The number of amides is 1. The molecule has 1 aromatic carbocycles. The number of aromatic nitrogens is 3. The van der Waals surface area contributed by atoms with Crippen molar-refractivity contribution in [2.24, 2.45) is 0 Å². The van der Waals surface area contributed by atoms with Crippen LogP contribution in [0.3, 0.4) is 0 Å². The third-order valence-corrected chi connectivity index (χ3v) is 8.58. The lowest BCUT2D eigenvalue weighted by Crippen LogP contribution is -2.46. The first-order valence-corrected chi connectivity index (χ1v) is 13.3. The monoisotopic (exact) mass is 511 g/mol. The maximum absolute atomic E-state index is 14.3. The van der Waals surface area contributed by atoms with Crippen LogP contribution < -0.4 is 4.74 Å².